The van der Waals surface area contributed by atoms with Crippen LogP contribution in [0.2, 0.25) is 0 Å². The number of aliphatic carboxylic acids is 1. The maximum absolute atomic E-state index is 10.3. The topological polar surface area (TPSA) is 75.3 Å². The number of nitrogens with one attached hydrogen (secondary N) is 1. The van der Waals surface area contributed by atoms with Gasteiger partial charge in [-0.15, -0.1) is 0 Å². The number of carbonyl (C=O) groups is 1. The summed E-state index contributed by atoms with van der Waals surface area (Å²) in [6.45, 7) is 0. The molecule has 0 fully saturated rings. The van der Waals surface area contributed by atoms with Gasteiger partial charge in [-0.25, -0.2) is 5.43 Å². The number of nitrogens with two attached hydrogens (primary N) is 1. The van der Waals surface area contributed by atoms with E-state index in [1.54, 1.807) is 11.8 Å². The van der Waals surface area contributed by atoms with Crippen molar-refractivity contribution in [1.29, 1.82) is 0 Å². The van der Waals surface area contributed by atoms with Gasteiger partial charge in [0.15, 0.2) is 0 Å². The van der Waals surface area contributed by atoms with Crippen LogP contribution in [0.1, 0.15) is 6.42 Å². The highest BCUT2D eigenvalue weighted by atomic mass is 32.2. The van der Waals surface area contributed by atoms with Gasteiger partial charge in [0.1, 0.15) is 6.04 Å². The van der Waals surface area contributed by atoms with E-state index in [0.29, 0.717) is 6.42 Å². The van der Waals surface area contributed by atoms with Crippen molar-refractivity contribution in [3.8, 4) is 0 Å². The van der Waals surface area contributed by atoms with E-state index in [1.165, 1.54) is 0 Å². The fraction of sp³-hybridized carbons (Fsp3) is 0.800. The zero-order valence-electron chi connectivity index (χ0n) is 5.83. The third kappa shape index (κ3) is 3.71. The molecule has 0 aliphatic carbocycles. The molecule has 0 saturated carbocycles. The van der Waals surface area contributed by atoms with Crippen molar-refractivity contribution >= 4 is 17.7 Å². The first-order chi connectivity index (χ1) is 4.72. The van der Waals surface area contributed by atoms with Gasteiger partial charge in [-0.2, -0.15) is 11.8 Å². The third-order valence-corrected chi connectivity index (χ3v) is 1.75. The van der Waals surface area contributed by atoms with E-state index in [2.05, 4.69) is 5.43 Å². The fourth-order valence-corrected chi connectivity index (χ4v) is 0.985. The Balaban J connectivity index is 3.50. The molecule has 0 aromatic rings. The summed E-state index contributed by atoms with van der Waals surface area (Å²) in [6.07, 6.45) is 2.49. The van der Waals surface area contributed by atoms with Gasteiger partial charge in [-0.05, 0) is 18.4 Å². The second-order valence-electron chi connectivity index (χ2n) is 1.84. The normalized spacial score (nSPS) is 13.0. The minimum atomic E-state index is -0.892. The Bertz CT molecular complexity index is 110. The Morgan fingerprint density at radius 3 is 2.80 bits per heavy atom. The average Bonchev–Trinajstić information content (AvgIpc) is 1.89. The van der Waals surface area contributed by atoms with Crippen molar-refractivity contribution in [1.82, 2.24) is 5.43 Å². The van der Waals surface area contributed by atoms with E-state index >= 15 is 0 Å². The molecule has 0 heterocycles. The zero-order chi connectivity index (χ0) is 7.98. The number of rotatable bonds is 5. The lowest BCUT2D eigenvalue weighted by molar-refractivity contribution is -0.139. The predicted molar refractivity (Wildman–Crippen MR) is 41.7 cm³/mol. The van der Waals surface area contributed by atoms with E-state index < -0.39 is 12.0 Å². The monoisotopic (exact) mass is 164 g/mol. The molecule has 0 aromatic carbocycles. The van der Waals surface area contributed by atoms with Crippen LogP contribution in [0.3, 0.4) is 0 Å². The highest BCUT2D eigenvalue weighted by Crippen LogP contribution is 1.99. The number of thioether (sulfide) groups is 1. The van der Waals surface area contributed by atoms with Crippen LogP contribution in [0.5, 0.6) is 0 Å². The van der Waals surface area contributed by atoms with Gasteiger partial charge in [0.05, 0.1) is 0 Å². The van der Waals surface area contributed by atoms with Crippen molar-refractivity contribution in [2.24, 2.45) is 5.84 Å². The first-order valence-electron chi connectivity index (χ1n) is 2.90. The van der Waals surface area contributed by atoms with Gasteiger partial charge >= 0.3 is 5.97 Å². The molecule has 1 unspecified atom stereocenters. The molecule has 0 bridgehead atoms. The second kappa shape index (κ2) is 5.52. The Labute approximate surface area is 64.1 Å². The predicted octanol–water partition coefficient (Wildman–Crippen LogP) is -0.344. The molecule has 0 aliphatic heterocycles. The summed E-state index contributed by atoms with van der Waals surface area (Å²) in [5, 5.41) is 8.45. The Hall–Kier alpha value is -0.260. The summed E-state index contributed by atoms with van der Waals surface area (Å²) in [5.41, 5.74) is 2.22. The van der Waals surface area contributed by atoms with Crippen molar-refractivity contribution in [3.05, 3.63) is 0 Å². The largest absolute Gasteiger partial charge is 0.480 e. The van der Waals surface area contributed by atoms with Crippen molar-refractivity contribution in [2.45, 2.75) is 12.5 Å². The van der Waals surface area contributed by atoms with E-state index in [0.717, 1.165) is 5.75 Å². The molecule has 1 atom stereocenters. The Morgan fingerprint density at radius 1 is 1.90 bits per heavy atom. The van der Waals surface area contributed by atoms with Gasteiger partial charge in [0.25, 0.3) is 0 Å². The maximum Gasteiger partial charge on any atom is 0.322 e. The summed E-state index contributed by atoms with van der Waals surface area (Å²) in [7, 11) is 0. The summed E-state index contributed by atoms with van der Waals surface area (Å²) in [4.78, 5) is 10.3. The molecule has 4 N–H and O–H groups in total. The Kier molecular flexibility index (Phi) is 5.38. The summed E-state index contributed by atoms with van der Waals surface area (Å²) in [5.74, 6) is 4.89. The van der Waals surface area contributed by atoms with Gasteiger partial charge in [-0.3, -0.25) is 10.6 Å². The van der Waals surface area contributed by atoms with Gasteiger partial charge < -0.3 is 5.11 Å². The first kappa shape index (κ1) is 9.74. The van der Waals surface area contributed by atoms with Crippen molar-refractivity contribution < 1.29 is 9.90 Å². The summed E-state index contributed by atoms with van der Waals surface area (Å²) < 4.78 is 0. The van der Waals surface area contributed by atoms with Crippen LogP contribution in [0.4, 0.5) is 0 Å². The van der Waals surface area contributed by atoms with E-state index in [1.807, 2.05) is 6.26 Å². The van der Waals surface area contributed by atoms with Crippen molar-refractivity contribution in [3.63, 3.8) is 0 Å². The average molecular weight is 164 g/mol. The second-order valence-corrected chi connectivity index (χ2v) is 2.82. The molecule has 4 nitrogen and oxygen atoms in total. The minimum Gasteiger partial charge on any atom is -0.480 e. The van der Waals surface area contributed by atoms with E-state index in [-0.39, 0.29) is 0 Å². The molecular weight excluding hydrogens is 152 g/mol. The highest BCUT2D eigenvalue weighted by molar-refractivity contribution is 7.98. The lowest BCUT2D eigenvalue weighted by Gasteiger charge is -2.08. The standard InChI is InChI=1S/C5H12N2O2S/c1-10-3-2-4(7-6)5(8)9/h4,7H,2-3,6H2,1H3,(H,8,9). The third-order valence-electron chi connectivity index (χ3n) is 1.11. The summed E-state index contributed by atoms with van der Waals surface area (Å²) >= 11 is 1.60. The van der Waals surface area contributed by atoms with Crippen LogP contribution in [0.15, 0.2) is 0 Å². The highest BCUT2D eigenvalue weighted by Gasteiger charge is 2.13. The molecule has 0 aliphatic rings. The molecular formula is C5H12N2O2S. The van der Waals surface area contributed by atoms with E-state index in [9.17, 15) is 4.79 Å². The molecule has 0 aromatic heterocycles. The lowest BCUT2D eigenvalue weighted by Crippen LogP contribution is -2.41. The van der Waals surface area contributed by atoms with Crippen LogP contribution in [-0.4, -0.2) is 29.1 Å². The van der Waals surface area contributed by atoms with Crippen LogP contribution < -0.4 is 11.3 Å². The molecule has 0 saturated heterocycles. The Morgan fingerprint density at radius 2 is 2.50 bits per heavy atom. The van der Waals surface area contributed by atoms with E-state index in [4.69, 9.17) is 10.9 Å². The maximum atomic E-state index is 10.3. The number of carboxylic acid groups (broad SMARTS) is 1. The van der Waals surface area contributed by atoms with Gasteiger partial charge in [0.2, 0.25) is 0 Å². The van der Waals surface area contributed by atoms with Gasteiger partial charge in [0, 0.05) is 0 Å². The van der Waals surface area contributed by atoms with Gasteiger partial charge in [-0.1, -0.05) is 0 Å². The van der Waals surface area contributed by atoms with Crippen molar-refractivity contribution in [2.75, 3.05) is 12.0 Å². The first-order valence-corrected chi connectivity index (χ1v) is 4.29. The zero-order valence-corrected chi connectivity index (χ0v) is 6.65. The number of hydrogen-bond acceptors (Lipinski definition) is 4. The quantitative estimate of drug-likeness (QED) is 0.383. The fourth-order valence-electron chi connectivity index (χ4n) is 0.514. The molecule has 0 rings (SSSR count). The van der Waals surface area contributed by atoms with Crippen LogP contribution in [-0.2, 0) is 4.79 Å². The van der Waals surface area contributed by atoms with Crippen LogP contribution >= 0.6 is 11.8 Å². The van der Waals surface area contributed by atoms with Crippen LogP contribution in [0.25, 0.3) is 0 Å². The SMILES string of the molecule is CSCCC(NN)C(=O)O. The van der Waals surface area contributed by atoms with Crippen LogP contribution in [0, 0.1) is 0 Å². The number of carboxylic acids is 1. The smallest absolute Gasteiger partial charge is 0.322 e. The molecule has 60 valence electrons. The molecule has 5 heteroatoms. The summed E-state index contributed by atoms with van der Waals surface area (Å²) in [6, 6.07) is -0.604. The molecule has 0 amide bonds. The minimum absolute atomic E-state index is 0.562. The lowest BCUT2D eigenvalue weighted by atomic mass is 10.2. The number of hydrazine groups is 1. The molecule has 0 spiro atoms. The molecule has 10 heavy (non-hydrogen) atoms. The molecule has 0 radical (unpaired) electrons. The number of hydrogen-bond donors (Lipinski definition) is 3.